The van der Waals surface area contributed by atoms with Gasteiger partial charge in [-0.2, -0.15) is 0 Å². The Morgan fingerprint density at radius 1 is 1.18 bits per heavy atom. The Labute approximate surface area is 107 Å². The molecule has 0 spiro atoms. The molecule has 0 heterocycles. The van der Waals surface area contributed by atoms with Crippen LogP contribution in [0.3, 0.4) is 0 Å². The van der Waals surface area contributed by atoms with Gasteiger partial charge in [-0.3, -0.25) is 4.79 Å². The molecular formula is C12H17N3OS. The summed E-state index contributed by atoms with van der Waals surface area (Å²) in [4.78, 5) is 11.7. The number of aryl methyl sites for hydroxylation is 1. The van der Waals surface area contributed by atoms with Gasteiger partial charge in [0.2, 0.25) is 0 Å². The molecule has 0 fully saturated rings. The van der Waals surface area contributed by atoms with E-state index < -0.39 is 0 Å². The van der Waals surface area contributed by atoms with E-state index in [0.717, 1.165) is 5.56 Å². The Bertz CT molecular complexity index is 389. The van der Waals surface area contributed by atoms with Gasteiger partial charge in [-0.15, -0.1) is 0 Å². The fourth-order valence-corrected chi connectivity index (χ4v) is 1.35. The molecule has 0 bridgehead atoms. The minimum Gasteiger partial charge on any atom is -0.366 e. The molecule has 0 aliphatic rings. The maximum atomic E-state index is 11.7. The lowest BCUT2D eigenvalue weighted by atomic mass is 10.1. The first kappa shape index (κ1) is 13.4. The van der Waals surface area contributed by atoms with Crippen LogP contribution in [-0.4, -0.2) is 31.2 Å². The number of rotatable bonds is 4. The summed E-state index contributed by atoms with van der Waals surface area (Å²) in [6, 6.07) is 7.47. The van der Waals surface area contributed by atoms with Crippen molar-refractivity contribution in [2.24, 2.45) is 0 Å². The molecule has 0 aliphatic heterocycles. The molecule has 0 saturated carbocycles. The smallest absolute Gasteiger partial charge is 0.251 e. The first-order valence-electron chi connectivity index (χ1n) is 5.44. The molecule has 0 saturated heterocycles. The second-order valence-corrected chi connectivity index (χ2v) is 4.04. The number of benzene rings is 1. The average Bonchev–Trinajstić information content (AvgIpc) is 2.34. The van der Waals surface area contributed by atoms with Crippen LogP contribution in [-0.2, 0) is 0 Å². The Morgan fingerprint density at radius 3 is 2.35 bits per heavy atom. The normalized spacial score (nSPS) is 9.53. The summed E-state index contributed by atoms with van der Waals surface area (Å²) in [5.74, 6) is -0.0674. The summed E-state index contributed by atoms with van der Waals surface area (Å²) in [5, 5.41) is 9.14. The zero-order chi connectivity index (χ0) is 12.7. The maximum Gasteiger partial charge on any atom is 0.251 e. The van der Waals surface area contributed by atoms with Crippen molar-refractivity contribution >= 4 is 23.2 Å². The van der Waals surface area contributed by atoms with E-state index in [-0.39, 0.29) is 5.91 Å². The van der Waals surface area contributed by atoms with Gasteiger partial charge in [0.1, 0.15) is 0 Å². The summed E-state index contributed by atoms with van der Waals surface area (Å²) in [6.07, 6.45) is 0. The largest absolute Gasteiger partial charge is 0.366 e. The average molecular weight is 251 g/mol. The van der Waals surface area contributed by atoms with E-state index in [1.54, 1.807) is 7.05 Å². The molecule has 1 amide bonds. The lowest BCUT2D eigenvalue weighted by Gasteiger charge is -2.08. The highest BCUT2D eigenvalue weighted by Gasteiger charge is 2.03. The zero-order valence-corrected chi connectivity index (χ0v) is 10.9. The minimum absolute atomic E-state index is 0.0674. The topological polar surface area (TPSA) is 53.2 Å². The van der Waals surface area contributed by atoms with E-state index in [1.807, 2.05) is 31.2 Å². The van der Waals surface area contributed by atoms with Gasteiger partial charge in [-0.1, -0.05) is 17.7 Å². The fourth-order valence-electron chi connectivity index (χ4n) is 1.25. The SMILES string of the molecule is CNC(=S)NCCNC(=O)c1ccc(C)cc1. The molecular weight excluding hydrogens is 234 g/mol. The third-order valence-corrected chi connectivity index (χ3v) is 2.59. The maximum absolute atomic E-state index is 11.7. The predicted molar refractivity (Wildman–Crippen MR) is 73.2 cm³/mol. The number of hydrogen-bond donors (Lipinski definition) is 3. The van der Waals surface area contributed by atoms with Crippen LogP contribution < -0.4 is 16.0 Å². The van der Waals surface area contributed by atoms with Crippen LogP contribution in [0.25, 0.3) is 0 Å². The number of hydrogen-bond acceptors (Lipinski definition) is 2. The van der Waals surface area contributed by atoms with E-state index in [9.17, 15) is 4.79 Å². The number of nitrogens with one attached hydrogen (secondary N) is 3. The molecule has 0 unspecified atom stereocenters. The molecule has 17 heavy (non-hydrogen) atoms. The third-order valence-electron chi connectivity index (χ3n) is 2.24. The number of carbonyl (C=O) groups excluding carboxylic acids is 1. The van der Waals surface area contributed by atoms with Gasteiger partial charge >= 0.3 is 0 Å². The minimum atomic E-state index is -0.0674. The molecule has 1 aromatic rings. The molecule has 4 nitrogen and oxygen atoms in total. The summed E-state index contributed by atoms with van der Waals surface area (Å²) in [6.45, 7) is 3.14. The molecule has 0 aromatic heterocycles. The third kappa shape index (κ3) is 4.82. The molecule has 0 aliphatic carbocycles. The fraction of sp³-hybridized carbons (Fsp3) is 0.333. The van der Waals surface area contributed by atoms with Crippen molar-refractivity contribution in [1.82, 2.24) is 16.0 Å². The van der Waals surface area contributed by atoms with E-state index in [1.165, 1.54) is 0 Å². The van der Waals surface area contributed by atoms with Gasteiger partial charge < -0.3 is 16.0 Å². The Kier molecular flexibility index (Phi) is 5.42. The van der Waals surface area contributed by atoms with Crippen molar-refractivity contribution in [1.29, 1.82) is 0 Å². The van der Waals surface area contributed by atoms with Crippen molar-refractivity contribution in [3.05, 3.63) is 35.4 Å². The van der Waals surface area contributed by atoms with Crippen molar-refractivity contribution in [2.45, 2.75) is 6.92 Å². The lowest BCUT2D eigenvalue weighted by molar-refractivity contribution is 0.0954. The monoisotopic (exact) mass is 251 g/mol. The predicted octanol–water partition coefficient (Wildman–Crippen LogP) is 0.819. The van der Waals surface area contributed by atoms with Crippen LogP contribution in [0.4, 0.5) is 0 Å². The highest BCUT2D eigenvalue weighted by molar-refractivity contribution is 7.80. The Balaban J connectivity index is 2.30. The van der Waals surface area contributed by atoms with Crippen LogP contribution in [0.15, 0.2) is 24.3 Å². The van der Waals surface area contributed by atoms with Crippen molar-refractivity contribution in [2.75, 3.05) is 20.1 Å². The number of carbonyl (C=O) groups is 1. The number of thiocarbonyl (C=S) groups is 1. The molecule has 1 rings (SSSR count). The second-order valence-electron chi connectivity index (χ2n) is 3.63. The van der Waals surface area contributed by atoms with E-state index in [2.05, 4.69) is 16.0 Å². The molecule has 5 heteroatoms. The summed E-state index contributed by atoms with van der Waals surface area (Å²) >= 11 is 4.91. The van der Waals surface area contributed by atoms with Gasteiger partial charge in [0.15, 0.2) is 5.11 Å². The molecule has 0 radical (unpaired) electrons. The van der Waals surface area contributed by atoms with Crippen molar-refractivity contribution in [3.8, 4) is 0 Å². The van der Waals surface area contributed by atoms with Crippen LogP contribution in [0.2, 0.25) is 0 Å². The molecule has 3 N–H and O–H groups in total. The molecule has 0 atom stereocenters. The zero-order valence-electron chi connectivity index (χ0n) is 10.0. The van der Waals surface area contributed by atoms with Gasteiger partial charge in [-0.25, -0.2) is 0 Å². The standard InChI is InChI=1S/C12H17N3OS/c1-9-3-5-10(6-4-9)11(16)14-7-8-15-12(17)13-2/h3-6H,7-8H2,1-2H3,(H,14,16)(H2,13,15,17). The highest BCUT2D eigenvalue weighted by atomic mass is 32.1. The lowest BCUT2D eigenvalue weighted by Crippen LogP contribution is -2.38. The van der Waals surface area contributed by atoms with Crippen LogP contribution in [0.1, 0.15) is 15.9 Å². The van der Waals surface area contributed by atoms with Gasteiger partial charge in [-0.05, 0) is 31.3 Å². The number of amides is 1. The van der Waals surface area contributed by atoms with Crippen molar-refractivity contribution in [3.63, 3.8) is 0 Å². The van der Waals surface area contributed by atoms with Crippen LogP contribution >= 0.6 is 12.2 Å². The van der Waals surface area contributed by atoms with Gasteiger partial charge in [0.05, 0.1) is 0 Å². The first-order chi connectivity index (χ1) is 8.13. The molecule has 1 aromatic carbocycles. The summed E-state index contributed by atoms with van der Waals surface area (Å²) in [5.41, 5.74) is 1.81. The van der Waals surface area contributed by atoms with E-state index in [4.69, 9.17) is 12.2 Å². The summed E-state index contributed by atoms with van der Waals surface area (Å²) in [7, 11) is 1.75. The van der Waals surface area contributed by atoms with E-state index in [0.29, 0.717) is 23.8 Å². The van der Waals surface area contributed by atoms with Gasteiger partial charge in [0.25, 0.3) is 5.91 Å². The van der Waals surface area contributed by atoms with Crippen LogP contribution in [0, 0.1) is 6.92 Å². The van der Waals surface area contributed by atoms with E-state index >= 15 is 0 Å². The van der Waals surface area contributed by atoms with Crippen molar-refractivity contribution < 1.29 is 4.79 Å². The van der Waals surface area contributed by atoms with Crippen LogP contribution in [0.5, 0.6) is 0 Å². The van der Waals surface area contributed by atoms with Gasteiger partial charge in [0, 0.05) is 25.7 Å². The summed E-state index contributed by atoms with van der Waals surface area (Å²) < 4.78 is 0. The Morgan fingerprint density at radius 2 is 1.76 bits per heavy atom. The highest BCUT2D eigenvalue weighted by Crippen LogP contribution is 2.02. The quantitative estimate of drug-likeness (QED) is 0.548. The second kappa shape index (κ2) is 6.85. The molecule has 92 valence electrons. The Hall–Kier alpha value is -1.62. The first-order valence-corrected chi connectivity index (χ1v) is 5.84.